The highest BCUT2D eigenvalue weighted by molar-refractivity contribution is 6.31. The van der Waals surface area contributed by atoms with E-state index in [1.54, 1.807) is 22.8 Å². The van der Waals surface area contributed by atoms with Gasteiger partial charge in [0.25, 0.3) is 0 Å². The van der Waals surface area contributed by atoms with Gasteiger partial charge in [-0.2, -0.15) is 0 Å². The van der Waals surface area contributed by atoms with Crippen LogP contribution >= 0.6 is 11.6 Å². The number of fused-ring (bicyclic) bond motifs is 1. The summed E-state index contributed by atoms with van der Waals surface area (Å²) in [6.07, 6.45) is 7.96. The van der Waals surface area contributed by atoms with Crippen LogP contribution in [0.2, 0.25) is 5.02 Å². The number of carbonyl (C=O) groups is 1. The first-order valence-electron chi connectivity index (χ1n) is 7.73. The second-order valence-electron chi connectivity index (χ2n) is 5.67. The van der Waals surface area contributed by atoms with Crippen molar-refractivity contribution in [3.8, 4) is 12.3 Å². The Morgan fingerprint density at radius 3 is 2.88 bits per heavy atom. The van der Waals surface area contributed by atoms with E-state index in [-0.39, 0.29) is 17.4 Å². The van der Waals surface area contributed by atoms with Crippen LogP contribution in [0.1, 0.15) is 34.6 Å². The van der Waals surface area contributed by atoms with Crippen molar-refractivity contribution in [2.75, 3.05) is 5.73 Å². The fourth-order valence-electron chi connectivity index (χ4n) is 2.67. The van der Waals surface area contributed by atoms with Gasteiger partial charge in [0.05, 0.1) is 0 Å². The maximum Gasteiger partial charge on any atom is 0.228 e. The molecule has 0 saturated heterocycles. The summed E-state index contributed by atoms with van der Waals surface area (Å²) < 4.78 is 1.74. The monoisotopic (exact) mass is 353 g/mol. The highest BCUT2D eigenvalue weighted by atomic mass is 35.5. The molecule has 0 unspecified atom stereocenters. The summed E-state index contributed by atoms with van der Waals surface area (Å²) in [5, 5.41) is 0.498. The Balaban J connectivity index is 2.13. The van der Waals surface area contributed by atoms with Crippen molar-refractivity contribution in [1.82, 2.24) is 19.5 Å². The number of ketones is 1. The lowest BCUT2D eigenvalue weighted by molar-refractivity contribution is 0.102. The molecule has 0 radical (unpaired) electrons. The Hall–Kier alpha value is -2.91. The summed E-state index contributed by atoms with van der Waals surface area (Å²) >= 11 is 6.08. The number of aryl methyl sites for hydroxylation is 2. The molecule has 2 N–H and O–H groups in total. The van der Waals surface area contributed by atoms with E-state index in [1.165, 1.54) is 6.33 Å². The van der Waals surface area contributed by atoms with Gasteiger partial charge < -0.3 is 10.3 Å². The molecule has 0 aliphatic carbocycles. The van der Waals surface area contributed by atoms with Gasteiger partial charge in [0.2, 0.25) is 5.78 Å². The molecule has 0 aliphatic rings. The maximum atomic E-state index is 13.0. The minimum atomic E-state index is -0.247. The van der Waals surface area contributed by atoms with E-state index in [1.807, 2.05) is 6.92 Å². The molecule has 126 valence electrons. The second-order valence-corrected chi connectivity index (χ2v) is 6.11. The lowest BCUT2D eigenvalue weighted by Gasteiger charge is -2.08. The van der Waals surface area contributed by atoms with E-state index in [9.17, 15) is 4.79 Å². The van der Waals surface area contributed by atoms with Crippen molar-refractivity contribution < 1.29 is 4.79 Å². The Labute approximate surface area is 150 Å². The molecule has 7 heteroatoms. The molecular formula is C18H16ClN5O. The van der Waals surface area contributed by atoms with Crippen LogP contribution in [0.3, 0.4) is 0 Å². The number of hydrogen-bond acceptors (Lipinski definition) is 5. The van der Waals surface area contributed by atoms with Crippen molar-refractivity contribution in [3.63, 3.8) is 0 Å². The van der Waals surface area contributed by atoms with E-state index < -0.39 is 0 Å². The third-order valence-corrected chi connectivity index (χ3v) is 3.99. The number of anilines is 1. The number of benzene rings is 1. The Bertz CT molecular complexity index is 982. The Morgan fingerprint density at radius 1 is 1.36 bits per heavy atom. The molecule has 1 aromatic carbocycles. The molecule has 6 nitrogen and oxygen atoms in total. The fourth-order valence-corrected chi connectivity index (χ4v) is 2.96. The van der Waals surface area contributed by atoms with Gasteiger partial charge in [0.1, 0.15) is 6.33 Å². The summed E-state index contributed by atoms with van der Waals surface area (Å²) in [4.78, 5) is 25.6. The minimum Gasteiger partial charge on any atom is -0.382 e. The van der Waals surface area contributed by atoms with Crippen LogP contribution in [-0.2, 0) is 6.54 Å². The zero-order valence-corrected chi connectivity index (χ0v) is 14.4. The number of terminal acetylenes is 1. The first-order valence-corrected chi connectivity index (χ1v) is 8.11. The Morgan fingerprint density at radius 2 is 2.16 bits per heavy atom. The van der Waals surface area contributed by atoms with Crippen LogP contribution in [0.25, 0.3) is 11.2 Å². The number of unbranched alkanes of at least 4 members (excludes halogenated alkanes) is 1. The van der Waals surface area contributed by atoms with E-state index >= 15 is 0 Å². The molecular weight excluding hydrogens is 338 g/mol. The maximum absolute atomic E-state index is 13.0. The second kappa shape index (κ2) is 6.91. The summed E-state index contributed by atoms with van der Waals surface area (Å²) in [6.45, 7) is 2.39. The van der Waals surface area contributed by atoms with E-state index in [0.717, 1.165) is 5.56 Å². The largest absolute Gasteiger partial charge is 0.382 e. The lowest BCUT2D eigenvalue weighted by atomic mass is 10.1. The van der Waals surface area contributed by atoms with Crippen LogP contribution in [-0.4, -0.2) is 25.3 Å². The van der Waals surface area contributed by atoms with Crippen LogP contribution in [0.5, 0.6) is 0 Å². The third-order valence-electron chi connectivity index (χ3n) is 3.77. The average Bonchev–Trinajstić information content (AvgIpc) is 2.94. The molecule has 0 aliphatic heterocycles. The zero-order chi connectivity index (χ0) is 18.0. The molecule has 0 bridgehead atoms. The SMILES string of the molecule is C#CCCCn1c(C(=O)c2cc(C)cc(Cl)c2)nc2c(N)ncnc21. The summed E-state index contributed by atoms with van der Waals surface area (Å²) in [7, 11) is 0. The van der Waals surface area contributed by atoms with Crippen LogP contribution < -0.4 is 5.73 Å². The van der Waals surface area contributed by atoms with E-state index in [0.29, 0.717) is 41.1 Å². The molecule has 2 aromatic heterocycles. The quantitative estimate of drug-likeness (QED) is 0.433. The van der Waals surface area contributed by atoms with Crippen LogP contribution in [0.15, 0.2) is 24.5 Å². The molecule has 3 rings (SSSR count). The van der Waals surface area contributed by atoms with Crippen LogP contribution in [0, 0.1) is 19.3 Å². The molecule has 0 fully saturated rings. The van der Waals surface area contributed by atoms with E-state index in [4.69, 9.17) is 23.8 Å². The summed E-state index contributed by atoms with van der Waals surface area (Å²) in [5.74, 6) is 2.83. The highest BCUT2D eigenvalue weighted by Gasteiger charge is 2.21. The topological polar surface area (TPSA) is 86.7 Å². The normalized spacial score (nSPS) is 10.8. The molecule has 0 spiro atoms. The van der Waals surface area contributed by atoms with Crippen molar-refractivity contribution in [2.45, 2.75) is 26.3 Å². The number of nitrogen functional groups attached to an aromatic ring is 1. The smallest absolute Gasteiger partial charge is 0.228 e. The van der Waals surface area contributed by atoms with Gasteiger partial charge in [-0.1, -0.05) is 11.6 Å². The lowest BCUT2D eigenvalue weighted by Crippen LogP contribution is -2.12. The van der Waals surface area contributed by atoms with Gasteiger partial charge in [-0.15, -0.1) is 12.3 Å². The standard InChI is InChI=1S/C18H16ClN5O/c1-3-4-5-6-24-17-14(16(20)21-10-22-17)23-18(24)15(25)12-7-11(2)8-13(19)9-12/h1,7-10H,4-6H2,2H3,(H2,20,21,22). The van der Waals surface area contributed by atoms with Gasteiger partial charge in [-0.05, 0) is 37.1 Å². The predicted molar refractivity (Wildman–Crippen MR) is 97.4 cm³/mol. The predicted octanol–water partition coefficient (Wildman–Crippen LogP) is 3.01. The number of rotatable bonds is 5. The van der Waals surface area contributed by atoms with Gasteiger partial charge in [-0.25, -0.2) is 15.0 Å². The number of carbonyl (C=O) groups excluding carboxylic acids is 1. The molecule has 0 amide bonds. The summed E-state index contributed by atoms with van der Waals surface area (Å²) in [6, 6.07) is 5.18. The number of imidazole rings is 1. The minimum absolute atomic E-state index is 0.233. The Kier molecular flexibility index (Phi) is 4.68. The van der Waals surface area contributed by atoms with Crippen molar-refractivity contribution >= 4 is 34.4 Å². The molecule has 2 heterocycles. The van der Waals surface area contributed by atoms with Crippen molar-refractivity contribution in [1.29, 1.82) is 0 Å². The summed E-state index contributed by atoms with van der Waals surface area (Å²) in [5.41, 5.74) is 8.17. The molecule has 3 aromatic rings. The third kappa shape index (κ3) is 3.32. The fraction of sp³-hybridized carbons (Fsp3) is 0.222. The number of halogens is 1. The molecule has 0 saturated carbocycles. The molecule has 25 heavy (non-hydrogen) atoms. The van der Waals surface area contributed by atoms with Gasteiger partial charge in [-0.3, -0.25) is 4.79 Å². The van der Waals surface area contributed by atoms with Crippen molar-refractivity contribution in [2.24, 2.45) is 0 Å². The van der Waals surface area contributed by atoms with Gasteiger partial charge in [0, 0.05) is 23.6 Å². The van der Waals surface area contributed by atoms with Gasteiger partial charge >= 0.3 is 0 Å². The van der Waals surface area contributed by atoms with Crippen molar-refractivity contribution in [3.05, 3.63) is 46.5 Å². The zero-order valence-electron chi connectivity index (χ0n) is 13.7. The average molecular weight is 354 g/mol. The first-order chi connectivity index (χ1) is 12.0. The number of nitrogens with two attached hydrogens (primary N) is 1. The van der Waals surface area contributed by atoms with Crippen LogP contribution in [0.4, 0.5) is 5.82 Å². The number of nitrogens with zero attached hydrogens (tertiary/aromatic N) is 4. The number of aromatic nitrogens is 4. The number of hydrogen-bond donors (Lipinski definition) is 1. The molecule has 0 atom stereocenters. The van der Waals surface area contributed by atoms with Gasteiger partial charge in [0.15, 0.2) is 22.8 Å². The van der Waals surface area contributed by atoms with E-state index in [2.05, 4.69) is 20.9 Å². The highest BCUT2D eigenvalue weighted by Crippen LogP contribution is 2.22. The first kappa shape index (κ1) is 16.9.